The van der Waals surface area contributed by atoms with Crippen molar-refractivity contribution < 1.29 is 8.82 Å². The molecule has 0 heterocycles. The molecule has 0 aliphatic rings. The minimum Gasteiger partial charge on any atom is -0.407 e. The number of halogens is 1. The van der Waals surface area contributed by atoms with Crippen LogP contribution < -0.4 is 15.7 Å². The number of rotatable bonds is 9. The van der Waals surface area contributed by atoms with Crippen molar-refractivity contribution in [3.05, 3.63) is 103 Å². The number of benzene rings is 3. The summed E-state index contributed by atoms with van der Waals surface area (Å²) >= 11 is 0. The van der Waals surface area contributed by atoms with Crippen LogP contribution in [0.2, 0.25) is 5.04 Å². The molecule has 1 N–H and O–H groups in total. The molecule has 162 valence electrons. The Hall–Kier alpha value is -2.69. The van der Waals surface area contributed by atoms with E-state index in [4.69, 9.17) is 4.43 Å². The zero-order valence-electron chi connectivity index (χ0n) is 18.6. The first-order chi connectivity index (χ1) is 14.9. The highest BCUT2D eigenvalue weighted by molar-refractivity contribution is 6.99. The second-order valence-corrected chi connectivity index (χ2v) is 13.1. The van der Waals surface area contributed by atoms with Gasteiger partial charge in [-0.2, -0.15) is 0 Å². The van der Waals surface area contributed by atoms with E-state index in [1.807, 2.05) is 6.08 Å². The van der Waals surface area contributed by atoms with Crippen LogP contribution in [0, 0.1) is 5.82 Å². The molecule has 4 heteroatoms. The Bertz CT molecular complexity index is 913. The number of hydrogen-bond acceptors (Lipinski definition) is 2. The number of anilines is 1. The fourth-order valence-corrected chi connectivity index (χ4v) is 8.69. The molecule has 0 radical (unpaired) electrons. The van der Waals surface area contributed by atoms with Gasteiger partial charge in [-0.25, -0.2) is 4.39 Å². The molecule has 1 unspecified atom stereocenters. The van der Waals surface area contributed by atoms with E-state index < -0.39 is 8.32 Å². The molecule has 0 fully saturated rings. The third-order valence-corrected chi connectivity index (χ3v) is 10.7. The largest absolute Gasteiger partial charge is 0.407 e. The van der Waals surface area contributed by atoms with Gasteiger partial charge in [0.1, 0.15) is 5.82 Å². The first-order valence-electron chi connectivity index (χ1n) is 10.8. The van der Waals surface area contributed by atoms with Crippen LogP contribution in [-0.4, -0.2) is 21.0 Å². The molecule has 0 saturated carbocycles. The predicted octanol–water partition coefficient (Wildman–Crippen LogP) is 5.76. The molecule has 1 atom stereocenters. The molecule has 31 heavy (non-hydrogen) atoms. The van der Waals surface area contributed by atoms with Gasteiger partial charge < -0.3 is 9.74 Å². The average Bonchev–Trinajstić information content (AvgIpc) is 2.77. The molecule has 3 aromatic carbocycles. The zero-order chi connectivity index (χ0) is 22.3. The molecule has 3 rings (SSSR count). The van der Waals surface area contributed by atoms with Gasteiger partial charge in [-0.05, 0) is 46.1 Å². The molecule has 0 saturated heterocycles. The SMILES string of the molecule is C=CC(CCO[Si](c1ccccc1)(c1ccccc1)C(C)(C)C)Nc1ccc(F)cc1. The van der Waals surface area contributed by atoms with Crippen molar-refractivity contribution in [2.75, 3.05) is 11.9 Å². The van der Waals surface area contributed by atoms with E-state index in [-0.39, 0.29) is 16.9 Å². The van der Waals surface area contributed by atoms with E-state index in [9.17, 15) is 4.39 Å². The standard InChI is InChI=1S/C27H32FNOSi/c1-5-23(29-24-18-16-22(28)17-19-24)20-21-30-31(27(2,3)4,25-12-8-6-9-13-25)26-14-10-7-11-15-26/h5-19,23,29H,1,20-21H2,2-4H3. The zero-order valence-corrected chi connectivity index (χ0v) is 19.6. The number of nitrogens with one attached hydrogen (secondary N) is 1. The van der Waals surface area contributed by atoms with E-state index in [0.717, 1.165) is 12.1 Å². The predicted molar refractivity (Wildman–Crippen MR) is 132 cm³/mol. The number of hydrogen-bond donors (Lipinski definition) is 1. The molecule has 3 aromatic rings. The summed E-state index contributed by atoms with van der Waals surface area (Å²) in [6.45, 7) is 11.4. The van der Waals surface area contributed by atoms with Gasteiger partial charge in [-0.1, -0.05) is 87.5 Å². The van der Waals surface area contributed by atoms with Gasteiger partial charge in [0, 0.05) is 18.3 Å². The van der Waals surface area contributed by atoms with Gasteiger partial charge in [-0.3, -0.25) is 0 Å². The average molecular weight is 434 g/mol. The topological polar surface area (TPSA) is 21.3 Å². The van der Waals surface area contributed by atoms with Gasteiger partial charge in [0.2, 0.25) is 0 Å². The highest BCUT2D eigenvalue weighted by Gasteiger charge is 2.50. The molecule has 2 nitrogen and oxygen atoms in total. The molecule has 0 aliphatic heterocycles. The summed E-state index contributed by atoms with van der Waals surface area (Å²) in [5.41, 5.74) is 0.872. The van der Waals surface area contributed by atoms with Gasteiger partial charge in [0.05, 0.1) is 0 Å². The Morgan fingerprint density at radius 2 is 1.42 bits per heavy atom. The van der Waals surface area contributed by atoms with Crippen molar-refractivity contribution in [2.45, 2.75) is 38.3 Å². The highest BCUT2D eigenvalue weighted by atomic mass is 28.4. The summed E-state index contributed by atoms with van der Waals surface area (Å²) in [6, 6.07) is 27.7. The summed E-state index contributed by atoms with van der Waals surface area (Å²) in [6.07, 6.45) is 2.66. The maximum atomic E-state index is 13.2. The second kappa shape index (κ2) is 10.1. The van der Waals surface area contributed by atoms with Crippen molar-refractivity contribution >= 4 is 24.4 Å². The quantitative estimate of drug-likeness (QED) is 0.342. The molecular weight excluding hydrogens is 401 g/mol. The van der Waals surface area contributed by atoms with E-state index in [0.29, 0.717) is 6.61 Å². The Labute approximate surface area is 186 Å². The molecule has 0 amide bonds. The Morgan fingerprint density at radius 3 is 1.87 bits per heavy atom. The van der Waals surface area contributed by atoms with E-state index in [1.54, 1.807) is 12.1 Å². The Morgan fingerprint density at radius 1 is 0.903 bits per heavy atom. The van der Waals surface area contributed by atoms with Crippen molar-refractivity contribution in [2.24, 2.45) is 0 Å². The van der Waals surface area contributed by atoms with Crippen LogP contribution in [0.25, 0.3) is 0 Å². The smallest absolute Gasteiger partial charge is 0.261 e. The summed E-state index contributed by atoms with van der Waals surface area (Å²) in [5.74, 6) is -0.240. The minimum atomic E-state index is -2.54. The van der Waals surface area contributed by atoms with Crippen LogP contribution in [0.1, 0.15) is 27.2 Å². The van der Waals surface area contributed by atoms with Crippen LogP contribution in [0.15, 0.2) is 97.6 Å². The lowest BCUT2D eigenvalue weighted by Crippen LogP contribution is -2.66. The van der Waals surface area contributed by atoms with Crippen LogP contribution in [0.3, 0.4) is 0 Å². The van der Waals surface area contributed by atoms with Crippen molar-refractivity contribution in [1.82, 2.24) is 0 Å². The van der Waals surface area contributed by atoms with Crippen LogP contribution in [-0.2, 0) is 4.43 Å². The first-order valence-corrected chi connectivity index (χ1v) is 12.7. The molecule has 0 bridgehead atoms. The fourth-order valence-electron chi connectivity index (χ4n) is 4.11. The van der Waals surface area contributed by atoms with E-state index in [1.165, 1.54) is 22.5 Å². The van der Waals surface area contributed by atoms with Gasteiger partial charge in [0.25, 0.3) is 8.32 Å². The van der Waals surface area contributed by atoms with Crippen LogP contribution >= 0.6 is 0 Å². The van der Waals surface area contributed by atoms with Crippen LogP contribution in [0.5, 0.6) is 0 Å². The summed E-state index contributed by atoms with van der Waals surface area (Å²) in [4.78, 5) is 0. The fraction of sp³-hybridized carbons (Fsp3) is 0.259. The summed E-state index contributed by atoms with van der Waals surface area (Å²) in [5, 5.41) is 5.91. The van der Waals surface area contributed by atoms with Crippen LogP contribution in [0.4, 0.5) is 10.1 Å². The molecule has 0 aromatic heterocycles. The Kier molecular flexibility index (Phi) is 7.47. The normalized spacial score (nSPS) is 12.9. The van der Waals surface area contributed by atoms with Crippen molar-refractivity contribution in [3.8, 4) is 0 Å². The first kappa shape index (κ1) is 23.0. The van der Waals surface area contributed by atoms with Crippen molar-refractivity contribution in [1.29, 1.82) is 0 Å². The third kappa shape index (κ3) is 5.33. The summed E-state index contributed by atoms with van der Waals surface area (Å²) < 4.78 is 20.2. The third-order valence-electron chi connectivity index (χ3n) is 5.65. The second-order valence-electron chi connectivity index (χ2n) is 8.79. The van der Waals surface area contributed by atoms with Crippen molar-refractivity contribution in [3.63, 3.8) is 0 Å². The maximum absolute atomic E-state index is 13.2. The van der Waals surface area contributed by atoms with Gasteiger partial charge >= 0.3 is 0 Å². The monoisotopic (exact) mass is 433 g/mol. The van der Waals surface area contributed by atoms with Gasteiger partial charge in [-0.15, -0.1) is 6.58 Å². The van der Waals surface area contributed by atoms with E-state index >= 15 is 0 Å². The van der Waals surface area contributed by atoms with Gasteiger partial charge in [0.15, 0.2) is 0 Å². The van der Waals surface area contributed by atoms with E-state index in [2.05, 4.69) is 93.3 Å². The molecular formula is C27H32FNOSi. The minimum absolute atomic E-state index is 0.0312. The highest BCUT2D eigenvalue weighted by Crippen LogP contribution is 2.36. The summed E-state index contributed by atoms with van der Waals surface area (Å²) in [7, 11) is -2.54. The maximum Gasteiger partial charge on any atom is 0.261 e. The molecule has 0 spiro atoms. The lowest BCUT2D eigenvalue weighted by atomic mass is 10.2. The lowest BCUT2D eigenvalue weighted by Gasteiger charge is -2.43. The molecule has 0 aliphatic carbocycles. The Balaban J connectivity index is 1.85. The lowest BCUT2D eigenvalue weighted by molar-refractivity contribution is 0.289.